The van der Waals surface area contributed by atoms with Crippen LogP contribution in [0.5, 0.6) is 0 Å². The monoisotopic (exact) mass is 868 g/mol. The van der Waals surface area contributed by atoms with Crippen LogP contribution in [0, 0.1) is 0 Å². The third kappa shape index (κ3) is 6.08. The maximum absolute atomic E-state index is 6.84. The van der Waals surface area contributed by atoms with E-state index in [1.165, 1.54) is 38.1 Å². The standard InChI is InChI=1S/C64H40N2O2/c1-2-14-44-37-45(28-27-41(44)13-1)42-29-33-47(34-30-42)65(48-35-31-43(32-36-48)51-21-12-22-56-54-19-5-9-25-61(54)67-63(51)56)50-39-57(64-58(40-50)55-20-6-10-26-62(55)68-64)46-15-11-16-49(38-46)66-59-23-7-3-17-52(59)53-18-4-8-24-60(53)66/h1-40H. The molecule has 0 aliphatic carbocycles. The number of para-hydroxylation sites is 5. The van der Waals surface area contributed by atoms with Gasteiger partial charge in [0.15, 0.2) is 0 Å². The van der Waals surface area contributed by atoms with E-state index in [0.717, 1.165) is 94.4 Å². The summed E-state index contributed by atoms with van der Waals surface area (Å²) in [6, 6.07) is 87.0. The van der Waals surface area contributed by atoms with Gasteiger partial charge in [0.2, 0.25) is 0 Å². The van der Waals surface area contributed by atoms with Gasteiger partial charge in [-0.2, -0.15) is 0 Å². The first-order chi connectivity index (χ1) is 33.7. The van der Waals surface area contributed by atoms with Crippen molar-refractivity contribution in [2.45, 2.75) is 0 Å². The highest BCUT2D eigenvalue weighted by Crippen LogP contribution is 2.45. The molecule has 68 heavy (non-hydrogen) atoms. The zero-order valence-corrected chi connectivity index (χ0v) is 36.8. The van der Waals surface area contributed by atoms with Crippen LogP contribution < -0.4 is 4.90 Å². The van der Waals surface area contributed by atoms with E-state index in [9.17, 15) is 0 Å². The molecule has 11 aromatic carbocycles. The Morgan fingerprint density at radius 3 is 1.54 bits per heavy atom. The number of nitrogens with zero attached hydrogens (tertiary/aromatic N) is 2. The van der Waals surface area contributed by atoms with E-state index in [0.29, 0.717) is 0 Å². The average Bonchev–Trinajstić information content (AvgIpc) is 4.09. The molecule has 0 aliphatic heterocycles. The van der Waals surface area contributed by atoms with Crippen LogP contribution >= 0.6 is 0 Å². The van der Waals surface area contributed by atoms with Crippen LogP contribution in [0.1, 0.15) is 0 Å². The first kappa shape index (κ1) is 38.2. The van der Waals surface area contributed by atoms with Crippen LogP contribution in [0.4, 0.5) is 17.1 Å². The summed E-state index contributed by atoms with van der Waals surface area (Å²) in [4.78, 5) is 2.37. The summed E-state index contributed by atoms with van der Waals surface area (Å²) in [5.74, 6) is 0. The first-order valence-electron chi connectivity index (χ1n) is 23.1. The van der Waals surface area contributed by atoms with Crippen molar-refractivity contribution in [1.29, 1.82) is 0 Å². The highest BCUT2D eigenvalue weighted by molar-refractivity contribution is 6.13. The average molecular weight is 869 g/mol. The van der Waals surface area contributed by atoms with Crippen LogP contribution in [0.2, 0.25) is 0 Å². The lowest BCUT2D eigenvalue weighted by Crippen LogP contribution is -2.10. The van der Waals surface area contributed by atoms with Gasteiger partial charge in [-0.1, -0.05) is 164 Å². The van der Waals surface area contributed by atoms with Gasteiger partial charge in [0.1, 0.15) is 22.3 Å². The topological polar surface area (TPSA) is 34.5 Å². The summed E-state index contributed by atoms with van der Waals surface area (Å²) in [5.41, 5.74) is 16.6. The Morgan fingerprint density at radius 2 is 0.838 bits per heavy atom. The van der Waals surface area contributed by atoms with Crippen molar-refractivity contribution >= 4 is 93.5 Å². The van der Waals surface area contributed by atoms with Crippen molar-refractivity contribution < 1.29 is 8.83 Å². The molecule has 4 heteroatoms. The lowest BCUT2D eigenvalue weighted by molar-refractivity contribution is 0.669. The molecule has 0 spiro atoms. The van der Waals surface area contributed by atoms with Crippen molar-refractivity contribution in [2.24, 2.45) is 0 Å². The molecule has 4 nitrogen and oxygen atoms in total. The number of aromatic nitrogens is 1. The molecule has 318 valence electrons. The second-order valence-electron chi connectivity index (χ2n) is 17.7. The molecular weight excluding hydrogens is 829 g/mol. The Hall–Kier alpha value is -9.12. The molecule has 0 radical (unpaired) electrons. The predicted molar refractivity (Wildman–Crippen MR) is 284 cm³/mol. The van der Waals surface area contributed by atoms with E-state index in [1.807, 2.05) is 18.2 Å². The van der Waals surface area contributed by atoms with Crippen molar-refractivity contribution in [3.63, 3.8) is 0 Å². The Balaban J connectivity index is 0.958. The quantitative estimate of drug-likeness (QED) is 0.160. The summed E-state index contributed by atoms with van der Waals surface area (Å²) < 4.78 is 15.7. The SMILES string of the molecule is c1cc(-c2cc(N(c3ccc(-c4ccc5ccccc5c4)cc3)c3ccc(-c4cccc5c4oc4ccccc45)cc3)cc3c2oc2ccccc23)cc(-n2c3ccccc3c3ccccc32)c1. The van der Waals surface area contributed by atoms with Gasteiger partial charge < -0.3 is 18.3 Å². The Labute approximate surface area is 391 Å². The third-order valence-electron chi connectivity index (χ3n) is 13.8. The molecule has 14 rings (SSSR count). The van der Waals surface area contributed by atoms with Gasteiger partial charge in [-0.3, -0.25) is 0 Å². The van der Waals surface area contributed by atoms with Crippen molar-refractivity contribution in [1.82, 2.24) is 4.57 Å². The second kappa shape index (κ2) is 15.2. The molecule has 14 aromatic rings. The minimum absolute atomic E-state index is 0.856. The van der Waals surface area contributed by atoms with Gasteiger partial charge in [-0.15, -0.1) is 0 Å². The number of furan rings is 2. The van der Waals surface area contributed by atoms with Gasteiger partial charge in [0, 0.05) is 66.2 Å². The van der Waals surface area contributed by atoms with Crippen molar-refractivity contribution in [3.8, 4) is 39.1 Å². The molecule has 0 unspecified atom stereocenters. The minimum Gasteiger partial charge on any atom is -0.455 e. The fourth-order valence-electron chi connectivity index (χ4n) is 10.6. The maximum Gasteiger partial charge on any atom is 0.143 e. The van der Waals surface area contributed by atoms with Crippen LogP contribution in [0.25, 0.3) is 116 Å². The first-order valence-corrected chi connectivity index (χ1v) is 23.1. The zero-order chi connectivity index (χ0) is 44.7. The maximum atomic E-state index is 6.84. The molecule has 0 bridgehead atoms. The van der Waals surface area contributed by atoms with E-state index in [4.69, 9.17) is 8.83 Å². The largest absolute Gasteiger partial charge is 0.455 e. The minimum atomic E-state index is 0.856. The van der Waals surface area contributed by atoms with E-state index in [-0.39, 0.29) is 0 Å². The molecular formula is C64H40N2O2. The number of hydrogen-bond acceptors (Lipinski definition) is 3. The highest BCUT2D eigenvalue weighted by Gasteiger charge is 2.22. The molecule has 3 heterocycles. The number of hydrogen-bond donors (Lipinski definition) is 0. The van der Waals surface area contributed by atoms with Gasteiger partial charge >= 0.3 is 0 Å². The van der Waals surface area contributed by atoms with E-state index < -0.39 is 0 Å². The van der Waals surface area contributed by atoms with Gasteiger partial charge in [0.05, 0.1) is 11.0 Å². The van der Waals surface area contributed by atoms with Crippen LogP contribution in [-0.2, 0) is 0 Å². The molecule has 0 saturated carbocycles. The Bertz CT molecular complexity index is 4210. The summed E-state index contributed by atoms with van der Waals surface area (Å²) in [7, 11) is 0. The molecule has 0 aliphatic rings. The summed E-state index contributed by atoms with van der Waals surface area (Å²) in [5, 5.41) is 9.30. The van der Waals surface area contributed by atoms with Crippen molar-refractivity contribution in [2.75, 3.05) is 4.90 Å². The van der Waals surface area contributed by atoms with Crippen LogP contribution in [0.3, 0.4) is 0 Å². The number of fused-ring (bicyclic) bond motifs is 10. The number of rotatable bonds is 7. The molecule has 0 atom stereocenters. The third-order valence-corrected chi connectivity index (χ3v) is 13.8. The summed E-state index contributed by atoms with van der Waals surface area (Å²) in [6.07, 6.45) is 0. The normalized spacial score (nSPS) is 11.8. The number of anilines is 3. The molecule has 0 fully saturated rings. The van der Waals surface area contributed by atoms with Crippen LogP contribution in [0.15, 0.2) is 251 Å². The molecule has 0 amide bonds. The van der Waals surface area contributed by atoms with Gasteiger partial charge in [-0.05, 0) is 112 Å². The zero-order valence-electron chi connectivity index (χ0n) is 36.8. The highest BCUT2D eigenvalue weighted by atomic mass is 16.3. The summed E-state index contributed by atoms with van der Waals surface area (Å²) >= 11 is 0. The Kier molecular flexibility index (Phi) is 8.55. The van der Waals surface area contributed by atoms with E-state index in [1.54, 1.807) is 0 Å². The lowest BCUT2D eigenvalue weighted by atomic mass is 9.98. The lowest BCUT2D eigenvalue weighted by Gasteiger charge is -2.27. The fraction of sp³-hybridized carbons (Fsp3) is 0. The second-order valence-corrected chi connectivity index (χ2v) is 17.7. The Morgan fingerprint density at radius 1 is 0.294 bits per heavy atom. The smallest absolute Gasteiger partial charge is 0.143 e. The van der Waals surface area contributed by atoms with E-state index >= 15 is 0 Å². The van der Waals surface area contributed by atoms with Gasteiger partial charge in [-0.25, -0.2) is 0 Å². The van der Waals surface area contributed by atoms with Crippen LogP contribution in [-0.4, -0.2) is 4.57 Å². The molecule has 3 aromatic heterocycles. The predicted octanol–water partition coefficient (Wildman–Crippen LogP) is 18.2. The van der Waals surface area contributed by atoms with E-state index in [2.05, 4.69) is 234 Å². The number of benzene rings is 11. The summed E-state index contributed by atoms with van der Waals surface area (Å²) in [6.45, 7) is 0. The van der Waals surface area contributed by atoms with Crippen molar-refractivity contribution in [3.05, 3.63) is 243 Å². The molecule has 0 N–H and O–H groups in total. The molecule has 0 saturated heterocycles. The fourth-order valence-corrected chi connectivity index (χ4v) is 10.6. The van der Waals surface area contributed by atoms with Gasteiger partial charge in [0.25, 0.3) is 0 Å².